The number of anilines is 2. The van der Waals surface area contributed by atoms with Gasteiger partial charge in [0.2, 0.25) is 5.91 Å². The van der Waals surface area contributed by atoms with Gasteiger partial charge >= 0.3 is 0 Å². The number of rotatable bonds is 5. The summed E-state index contributed by atoms with van der Waals surface area (Å²) < 4.78 is 0. The van der Waals surface area contributed by atoms with Crippen molar-refractivity contribution in [1.29, 1.82) is 0 Å². The molecule has 2 rings (SSSR count). The Kier molecular flexibility index (Phi) is 5.89. The highest BCUT2D eigenvalue weighted by molar-refractivity contribution is 6.01. The van der Waals surface area contributed by atoms with E-state index in [0.717, 1.165) is 5.56 Å². The second-order valence-electron chi connectivity index (χ2n) is 5.98. The van der Waals surface area contributed by atoms with Gasteiger partial charge in [-0.1, -0.05) is 26.0 Å². The first-order valence-corrected chi connectivity index (χ1v) is 7.98. The van der Waals surface area contributed by atoms with E-state index in [-0.39, 0.29) is 17.7 Å². The van der Waals surface area contributed by atoms with Crippen molar-refractivity contribution >= 4 is 28.9 Å². The van der Waals surface area contributed by atoms with E-state index >= 15 is 0 Å². The monoisotopic (exact) mass is 338 g/mol. The molecule has 0 radical (unpaired) electrons. The van der Waals surface area contributed by atoms with Crippen molar-refractivity contribution in [3.05, 3.63) is 59.7 Å². The predicted molar refractivity (Wildman–Crippen MR) is 100 cm³/mol. The van der Waals surface area contributed by atoms with Gasteiger partial charge in [0.1, 0.15) is 0 Å². The van der Waals surface area contributed by atoms with E-state index in [4.69, 9.17) is 5.73 Å². The molecule has 0 saturated carbocycles. The SMILES string of the molecule is CC(=NNC(=O)c1ccc(NC(=O)C(C)C)cc1)c1cccc(N)c1. The van der Waals surface area contributed by atoms with Crippen LogP contribution in [0.15, 0.2) is 53.6 Å². The number of nitrogens with two attached hydrogens (primary N) is 1. The van der Waals surface area contributed by atoms with Crippen LogP contribution in [0.5, 0.6) is 0 Å². The Hall–Kier alpha value is -3.15. The largest absolute Gasteiger partial charge is 0.399 e. The summed E-state index contributed by atoms with van der Waals surface area (Å²) in [5, 5.41) is 6.87. The van der Waals surface area contributed by atoms with E-state index < -0.39 is 0 Å². The lowest BCUT2D eigenvalue weighted by atomic mass is 10.1. The molecule has 2 aromatic rings. The number of carbonyl (C=O) groups excluding carboxylic acids is 2. The molecule has 0 aliphatic heterocycles. The number of carbonyl (C=O) groups is 2. The van der Waals surface area contributed by atoms with Gasteiger partial charge < -0.3 is 11.1 Å². The second-order valence-corrected chi connectivity index (χ2v) is 5.98. The van der Waals surface area contributed by atoms with E-state index in [0.29, 0.717) is 22.6 Å². The average molecular weight is 338 g/mol. The zero-order chi connectivity index (χ0) is 18.4. The van der Waals surface area contributed by atoms with E-state index in [1.807, 2.05) is 26.0 Å². The molecular formula is C19H22N4O2. The third-order valence-electron chi connectivity index (χ3n) is 3.57. The normalized spacial score (nSPS) is 11.3. The Morgan fingerprint density at radius 1 is 1.04 bits per heavy atom. The molecule has 0 aliphatic rings. The molecule has 6 nitrogen and oxygen atoms in total. The summed E-state index contributed by atoms with van der Waals surface area (Å²) in [6.45, 7) is 5.43. The maximum absolute atomic E-state index is 12.2. The molecule has 0 fully saturated rings. The van der Waals surface area contributed by atoms with Gasteiger partial charge in [-0.3, -0.25) is 9.59 Å². The van der Waals surface area contributed by atoms with Gasteiger partial charge in [0.25, 0.3) is 5.91 Å². The lowest BCUT2D eigenvalue weighted by molar-refractivity contribution is -0.118. The van der Waals surface area contributed by atoms with Gasteiger partial charge in [-0.25, -0.2) is 5.43 Å². The molecule has 6 heteroatoms. The van der Waals surface area contributed by atoms with Crippen LogP contribution in [-0.4, -0.2) is 17.5 Å². The van der Waals surface area contributed by atoms with Crippen molar-refractivity contribution in [2.75, 3.05) is 11.1 Å². The molecule has 2 amide bonds. The molecule has 2 aromatic carbocycles. The number of benzene rings is 2. The Labute approximate surface area is 147 Å². The minimum atomic E-state index is -0.329. The summed E-state index contributed by atoms with van der Waals surface area (Å²) in [7, 11) is 0. The third kappa shape index (κ3) is 5.17. The van der Waals surface area contributed by atoms with Crippen LogP contribution in [0, 0.1) is 5.92 Å². The molecule has 4 N–H and O–H groups in total. The summed E-state index contributed by atoms with van der Waals surface area (Å²) >= 11 is 0. The fourth-order valence-electron chi connectivity index (χ4n) is 2.02. The smallest absolute Gasteiger partial charge is 0.271 e. The predicted octanol–water partition coefficient (Wildman–Crippen LogP) is 3.02. The Morgan fingerprint density at radius 2 is 1.72 bits per heavy atom. The molecule has 130 valence electrons. The third-order valence-corrected chi connectivity index (χ3v) is 3.57. The van der Waals surface area contributed by atoms with Gasteiger partial charge in [0.15, 0.2) is 0 Å². The maximum Gasteiger partial charge on any atom is 0.271 e. The van der Waals surface area contributed by atoms with Crippen molar-refractivity contribution < 1.29 is 9.59 Å². The Bertz CT molecular complexity index is 795. The molecule has 0 aromatic heterocycles. The second kappa shape index (κ2) is 8.10. The number of hydrogen-bond donors (Lipinski definition) is 3. The van der Waals surface area contributed by atoms with E-state index in [9.17, 15) is 9.59 Å². The number of amides is 2. The minimum Gasteiger partial charge on any atom is -0.399 e. The molecule has 0 heterocycles. The summed E-state index contributed by atoms with van der Waals surface area (Å²) in [5.41, 5.74) is 11.5. The summed E-state index contributed by atoms with van der Waals surface area (Å²) in [6.07, 6.45) is 0. The Morgan fingerprint density at radius 3 is 2.32 bits per heavy atom. The first-order valence-electron chi connectivity index (χ1n) is 7.98. The highest BCUT2D eigenvalue weighted by Gasteiger charge is 2.09. The van der Waals surface area contributed by atoms with Crippen LogP contribution >= 0.6 is 0 Å². The number of nitrogen functional groups attached to an aromatic ring is 1. The molecule has 25 heavy (non-hydrogen) atoms. The van der Waals surface area contributed by atoms with Gasteiger partial charge in [-0.05, 0) is 48.9 Å². The number of hydrogen-bond acceptors (Lipinski definition) is 4. The molecule has 0 aliphatic carbocycles. The van der Waals surface area contributed by atoms with Crippen molar-refractivity contribution in [3.8, 4) is 0 Å². The zero-order valence-electron chi connectivity index (χ0n) is 14.5. The van der Waals surface area contributed by atoms with Crippen molar-refractivity contribution in [2.24, 2.45) is 11.0 Å². The molecule has 0 bridgehead atoms. The molecule has 0 atom stereocenters. The van der Waals surface area contributed by atoms with Gasteiger partial charge in [-0.2, -0.15) is 5.10 Å². The topological polar surface area (TPSA) is 96.6 Å². The summed E-state index contributed by atoms with van der Waals surface area (Å²) in [4.78, 5) is 23.8. The van der Waals surface area contributed by atoms with Crippen molar-refractivity contribution in [2.45, 2.75) is 20.8 Å². The van der Waals surface area contributed by atoms with Crippen LogP contribution < -0.4 is 16.5 Å². The number of nitrogens with one attached hydrogen (secondary N) is 2. The lowest BCUT2D eigenvalue weighted by Gasteiger charge is -2.08. The van der Waals surface area contributed by atoms with E-state index in [1.54, 1.807) is 43.3 Å². The zero-order valence-corrected chi connectivity index (χ0v) is 14.5. The Balaban J connectivity index is 2.01. The highest BCUT2D eigenvalue weighted by atomic mass is 16.2. The average Bonchev–Trinajstić information content (AvgIpc) is 2.59. The van der Waals surface area contributed by atoms with Crippen molar-refractivity contribution in [1.82, 2.24) is 5.43 Å². The molecule has 0 unspecified atom stereocenters. The van der Waals surface area contributed by atoms with Crippen LogP contribution in [-0.2, 0) is 4.79 Å². The number of hydrazone groups is 1. The number of nitrogens with zero attached hydrogens (tertiary/aromatic N) is 1. The van der Waals surface area contributed by atoms with Crippen LogP contribution in [0.25, 0.3) is 0 Å². The molecular weight excluding hydrogens is 316 g/mol. The van der Waals surface area contributed by atoms with E-state index in [2.05, 4.69) is 15.8 Å². The fraction of sp³-hybridized carbons (Fsp3) is 0.211. The van der Waals surface area contributed by atoms with Crippen LogP contribution in [0.3, 0.4) is 0 Å². The van der Waals surface area contributed by atoms with Gasteiger partial charge in [-0.15, -0.1) is 0 Å². The fourth-order valence-corrected chi connectivity index (χ4v) is 2.02. The van der Waals surface area contributed by atoms with Crippen LogP contribution in [0.2, 0.25) is 0 Å². The summed E-state index contributed by atoms with van der Waals surface area (Å²) in [5.74, 6) is -0.503. The van der Waals surface area contributed by atoms with Gasteiger partial charge in [0, 0.05) is 22.9 Å². The summed E-state index contributed by atoms with van der Waals surface area (Å²) in [6, 6.07) is 13.9. The highest BCUT2D eigenvalue weighted by Crippen LogP contribution is 2.11. The van der Waals surface area contributed by atoms with Crippen molar-refractivity contribution in [3.63, 3.8) is 0 Å². The van der Waals surface area contributed by atoms with Crippen LogP contribution in [0.1, 0.15) is 36.7 Å². The van der Waals surface area contributed by atoms with E-state index in [1.165, 1.54) is 0 Å². The maximum atomic E-state index is 12.2. The lowest BCUT2D eigenvalue weighted by Crippen LogP contribution is -2.20. The quantitative estimate of drug-likeness (QED) is 0.444. The minimum absolute atomic E-state index is 0.0699. The van der Waals surface area contributed by atoms with Crippen LogP contribution in [0.4, 0.5) is 11.4 Å². The first-order chi connectivity index (χ1) is 11.9. The molecule has 0 saturated heterocycles. The standard InChI is InChI=1S/C19H22N4O2/c1-12(2)18(24)21-17-9-7-14(8-10-17)19(25)23-22-13(3)15-5-4-6-16(20)11-15/h4-12H,20H2,1-3H3,(H,21,24)(H,23,25). The first kappa shape index (κ1) is 18.2. The van der Waals surface area contributed by atoms with Gasteiger partial charge in [0.05, 0.1) is 5.71 Å². The molecule has 0 spiro atoms.